The summed E-state index contributed by atoms with van der Waals surface area (Å²) < 4.78 is 9.39. The van der Waals surface area contributed by atoms with Gasteiger partial charge in [-0.15, -0.1) is 0 Å². The van der Waals surface area contributed by atoms with Gasteiger partial charge in [0.2, 0.25) is 5.91 Å². The van der Waals surface area contributed by atoms with E-state index in [-0.39, 0.29) is 28.9 Å². The van der Waals surface area contributed by atoms with Gasteiger partial charge in [0, 0.05) is 11.6 Å². The van der Waals surface area contributed by atoms with Crippen molar-refractivity contribution in [2.24, 2.45) is 5.92 Å². The Hall–Kier alpha value is -3.15. The van der Waals surface area contributed by atoms with Crippen LogP contribution in [0.4, 0.5) is 5.69 Å². The Kier molecular flexibility index (Phi) is 5.02. The lowest BCUT2D eigenvalue weighted by molar-refractivity contribution is -0.117. The molecule has 26 heavy (non-hydrogen) atoms. The monoisotopic (exact) mass is 353 g/mol. The third-order valence-corrected chi connectivity index (χ3v) is 4.40. The van der Waals surface area contributed by atoms with Crippen molar-refractivity contribution >= 4 is 23.5 Å². The summed E-state index contributed by atoms with van der Waals surface area (Å²) in [6.45, 7) is 0. The van der Waals surface area contributed by atoms with E-state index in [9.17, 15) is 14.4 Å². The van der Waals surface area contributed by atoms with Gasteiger partial charge in [0.1, 0.15) is 0 Å². The highest BCUT2D eigenvalue weighted by Crippen LogP contribution is 2.47. The number of carbonyl (C=O) groups is 3. The molecule has 0 radical (unpaired) electrons. The maximum absolute atomic E-state index is 12.5. The van der Waals surface area contributed by atoms with E-state index in [0.29, 0.717) is 5.69 Å². The molecule has 0 aliphatic heterocycles. The second-order valence-corrected chi connectivity index (χ2v) is 6.13. The lowest BCUT2D eigenvalue weighted by Gasteiger charge is -2.09. The van der Waals surface area contributed by atoms with Crippen molar-refractivity contribution in [1.82, 2.24) is 0 Å². The van der Waals surface area contributed by atoms with Crippen LogP contribution in [-0.4, -0.2) is 32.1 Å². The molecule has 1 fully saturated rings. The molecule has 6 nitrogen and oxygen atoms in total. The van der Waals surface area contributed by atoms with Gasteiger partial charge in [-0.1, -0.05) is 30.3 Å². The first-order valence-corrected chi connectivity index (χ1v) is 8.21. The third kappa shape index (κ3) is 3.74. The van der Waals surface area contributed by atoms with Crippen LogP contribution in [0.15, 0.2) is 48.5 Å². The van der Waals surface area contributed by atoms with Crippen LogP contribution in [0.1, 0.15) is 38.6 Å². The molecule has 2 aromatic carbocycles. The molecule has 0 aromatic heterocycles. The fourth-order valence-electron chi connectivity index (χ4n) is 2.96. The molecule has 1 N–H and O–H groups in total. The standard InChI is InChI=1S/C20H19NO5/c1-25-19(23)13-8-14(20(24)26-2)10-15(9-13)21-18(22)17-11-16(17)12-6-4-3-5-7-12/h3-10,16-17H,11H2,1-2H3,(H,21,22)/t16-,17+/m0/s1. The van der Waals surface area contributed by atoms with Crippen molar-refractivity contribution in [2.75, 3.05) is 19.5 Å². The van der Waals surface area contributed by atoms with Crippen LogP contribution in [0.3, 0.4) is 0 Å². The highest BCUT2D eigenvalue weighted by atomic mass is 16.5. The number of ether oxygens (including phenoxy) is 2. The molecule has 134 valence electrons. The predicted molar refractivity (Wildman–Crippen MR) is 95.0 cm³/mol. The average molecular weight is 353 g/mol. The minimum atomic E-state index is -0.597. The minimum absolute atomic E-state index is 0.124. The zero-order valence-electron chi connectivity index (χ0n) is 14.5. The van der Waals surface area contributed by atoms with Gasteiger partial charge in [-0.2, -0.15) is 0 Å². The molecule has 0 spiro atoms. The van der Waals surface area contributed by atoms with Gasteiger partial charge in [0.25, 0.3) is 0 Å². The summed E-state index contributed by atoms with van der Waals surface area (Å²) in [7, 11) is 2.50. The van der Waals surface area contributed by atoms with Crippen LogP contribution < -0.4 is 5.32 Å². The van der Waals surface area contributed by atoms with Crippen LogP contribution in [0.25, 0.3) is 0 Å². The second-order valence-electron chi connectivity index (χ2n) is 6.13. The number of methoxy groups -OCH3 is 2. The summed E-state index contributed by atoms with van der Waals surface area (Å²) >= 11 is 0. The summed E-state index contributed by atoms with van der Waals surface area (Å²) in [5.74, 6) is -1.27. The Labute approximate surface area is 151 Å². The summed E-state index contributed by atoms with van der Waals surface area (Å²) in [5, 5.41) is 2.79. The van der Waals surface area contributed by atoms with Gasteiger partial charge < -0.3 is 14.8 Å². The fourth-order valence-corrected chi connectivity index (χ4v) is 2.96. The van der Waals surface area contributed by atoms with Crippen molar-refractivity contribution in [2.45, 2.75) is 12.3 Å². The summed E-state index contributed by atoms with van der Waals surface area (Å²) in [6, 6.07) is 14.2. The molecule has 0 unspecified atom stereocenters. The van der Waals surface area contributed by atoms with E-state index in [1.165, 1.54) is 32.4 Å². The molecule has 6 heteroatoms. The van der Waals surface area contributed by atoms with E-state index < -0.39 is 11.9 Å². The summed E-state index contributed by atoms with van der Waals surface area (Å²) in [5.41, 5.74) is 1.82. The van der Waals surface area contributed by atoms with Crippen molar-refractivity contribution in [3.8, 4) is 0 Å². The van der Waals surface area contributed by atoms with Gasteiger partial charge in [0.15, 0.2) is 0 Å². The maximum atomic E-state index is 12.5. The zero-order chi connectivity index (χ0) is 18.7. The number of hydrogen-bond acceptors (Lipinski definition) is 5. The quantitative estimate of drug-likeness (QED) is 0.836. The first-order valence-electron chi connectivity index (χ1n) is 8.21. The molecule has 1 amide bonds. The molecular weight excluding hydrogens is 334 g/mol. The molecule has 1 aliphatic carbocycles. The number of rotatable bonds is 5. The highest BCUT2D eigenvalue weighted by molar-refractivity contribution is 6.00. The number of amides is 1. The van der Waals surface area contributed by atoms with Gasteiger partial charge in [-0.25, -0.2) is 9.59 Å². The van der Waals surface area contributed by atoms with Crippen molar-refractivity contribution < 1.29 is 23.9 Å². The van der Waals surface area contributed by atoms with E-state index in [1.807, 2.05) is 30.3 Å². The number of benzene rings is 2. The first-order chi connectivity index (χ1) is 12.5. The molecule has 2 aromatic rings. The van der Waals surface area contributed by atoms with Gasteiger partial charge in [-0.3, -0.25) is 4.79 Å². The molecule has 1 aliphatic rings. The number of nitrogens with one attached hydrogen (secondary N) is 1. The Bertz CT molecular complexity index is 812. The molecule has 2 atom stereocenters. The van der Waals surface area contributed by atoms with E-state index >= 15 is 0 Å². The summed E-state index contributed by atoms with van der Waals surface area (Å²) in [6.07, 6.45) is 0.774. The molecule has 0 heterocycles. The van der Waals surface area contributed by atoms with E-state index in [1.54, 1.807) is 0 Å². The Morgan fingerprint density at radius 1 is 0.923 bits per heavy atom. The zero-order valence-corrected chi connectivity index (χ0v) is 14.5. The summed E-state index contributed by atoms with van der Waals surface area (Å²) in [4.78, 5) is 36.1. The van der Waals surface area contributed by atoms with Gasteiger partial charge >= 0.3 is 11.9 Å². The van der Waals surface area contributed by atoms with Crippen LogP contribution in [0.2, 0.25) is 0 Å². The van der Waals surface area contributed by atoms with E-state index in [2.05, 4.69) is 5.32 Å². The van der Waals surface area contributed by atoms with Crippen molar-refractivity contribution in [3.63, 3.8) is 0 Å². The molecule has 1 saturated carbocycles. The Morgan fingerprint density at radius 3 is 2.04 bits per heavy atom. The SMILES string of the molecule is COC(=O)c1cc(NC(=O)[C@@H]2C[C@H]2c2ccccc2)cc(C(=O)OC)c1. The van der Waals surface area contributed by atoms with Gasteiger partial charge in [0.05, 0.1) is 25.3 Å². The molecule has 0 bridgehead atoms. The largest absolute Gasteiger partial charge is 0.465 e. The molecule has 3 rings (SSSR count). The van der Waals surface area contributed by atoms with Crippen LogP contribution in [-0.2, 0) is 14.3 Å². The van der Waals surface area contributed by atoms with Gasteiger partial charge in [-0.05, 0) is 36.1 Å². The normalized spacial score (nSPS) is 17.9. The Morgan fingerprint density at radius 2 is 1.50 bits per heavy atom. The lowest BCUT2D eigenvalue weighted by atomic mass is 10.1. The smallest absolute Gasteiger partial charge is 0.337 e. The number of anilines is 1. The third-order valence-electron chi connectivity index (χ3n) is 4.40. The van der Waals surface area contributed by atoms with Crippen LogP contribution in [0.5, 0.6) is 0 Å². The molecular formula is C20H19NO5. The lowest BCUT2D eigenvalue weighted by Crippen LogP contribution is -2.16. The maximum Gasteiger partial charge on any atom is 0.337 e. The van der Waals surface area contributed by atoms with E-state index in [0.717, 1.165) is 12.0 Å². The predicted octanol–water partition coefficient (Wildman–Crippen LogP) is 3.00. The number of hydrogen-bond donors (Lipinski definition) is 1. The number of esters is 2. The first kappa shape index (κ1) is 17.7. The van der Waals surface area contributed by atoms with Crippen molar-refractivity contribution in [3.05, 3.63) is 65.2 Å². The average Bonchev–Trinajstić information content (AvgIpc) is 3.48. The van der Waals surface area contributed by atoms with Crippen LogP contribution >= 0.6 is 0 Å². The van der Waals surface area contributed by atoms with Crippen LogP contribution in [0, 0.1) is 5.92 Å². The second kappa shape index (κ2) is 7.39. The van der Waals surface area contributed by atoms with E-state index in [4.69, 9.17) is 9.47 Å². The number of carbonyl (C=O) groups excluding carboxylic acids is 3. The molecule has 0 saturated heterocycles. The highest BCUT2D eigenvalue weighted by Gasteiger charge is 2.43. The fraction of sp³-hybridized carbons (Fsp3) is 0.250. The minimum Gasteiger partial charge on any atom is -0.465 e. The van der Waals surface area contributed by atoms with Crippen molar-refractivity contribution in [1.29, 1.82) is 0 Å². The topological polar surface area (TPSA) is 81.7 Å². The Balaban J connectivity index is 1.77.